The Morgan fingerprint density at radius 2 is 1.75 bits per heavy atom. The summed E-state index contributed by atoms with van der Waals surface area (Å²) < 4.78 is 7.80. The summed E-state index contributed by atoms with van der Waals surface area (Å²) in [5.41, 5.74) is 10.4. The number of rotatable bonds is 4. The van der Waals surface area contributed by atoms with E-state index in [0.29, 0.717) is 29.6 Å². The molecule has 0 amide bonds. The lowest BCUT2D eigenvalue weighted by molar-refractivity contribution is 0.437. The minimum absolute atomic E-state index is 0.459. The number of ether oxygens (including phenoxy) is 1. The number of hydrogen-bond donors (Lipinski definition) is 1. The average molecular weight is 317 g/mol. The maximum Gasteiger partial charge on any atom is 0.224 e. The Morgan fingerprint density at radius 1 is 1.04 bits per heavy atom. The van der Waals surface area contributed by atoms with Gasteiger partial charge in [-0.2, -0.15) is 5.26 Å². The molecule has 2 aromatic carbocycles. The lowest BCUT2D eigenvalue weighted by atomic mass is 10.1. The van der Waals surface area contributed by atoms with Gasteiger partial charge >= 0.3 is 0 Å². The topological polar surface area (TPSA) is 64.0 Å². The van der Waals surface area contributed by atoms with Gasteiger partial charge in [0.15, 0.2) is 0 Å². The average Bonchev–Trinajstić information content (AvgIpc) is 2.83. The summed E-state index contributed by atoms with van der Waals surface area (Å²) in [7, 11) is 0. The predicted molar refractivity (Wildman–Crippen MR) is 95.1 cm³/mol. The van der Waals surface area contributed by atoms with E-state index in [2.05, 4.69) is 12.1 Å². The summed E-state index contributed by atoms with van der Waals surface area (Å²) in [6, 6.07) is 19.8. The van der Waals surface area contributed by atoms with Gasteiger partial charge in [-0.3, -0.25) is 4.57 Å². The van der Waals surface area contributed by atoms with Crippen LogP contribution in [0.2, 0.25) is 0 Å². The van der Waals surface area contributed by atoms with Crippen LogP contribution in [-0.2, 0) is 6.54 Å². The number of aryl methyl sites for hydroxylation is 2. The Hall–Kier alpha value is -3.19. The van der Waals surface area contributed by atoms with Crippen LogP contribution in [0.3, 0.4) is 0 Å². The molecule has 0 aliphatic carbocycles. The Balaban J connectivity index is 2.00. The number of nitriles is 1. The van der Waals surface area contributed by atoms with Crippen LogP contribution in [0.1, 0.15) is 22.4 Å². The van der Waals surface area contributed by atoms with Crippen LogP contribution in [0.25, 0.3) is 0 Å². The molecule has 3 aromatic rings. The van der Waals surface area contributed by atoms with Crippen molar-refractivity contribution in [3.63, 3.8) is 0 Å². The molecule has 0 aliphatic rings. The van der Waals surface area contributed by atoms with Crippen LogP contribution in [0.5, 0.6) is 11.6 Å². The zero-order chi connectivity index (χ0) is 17.1. The number of aromatic nitrogens is 1. The van der Waals surface area contributed by atoms with Gasteiger partial charge in [0.1, 0.15) is 17.5 Å². The molecular formula is C20H19N3O. The predicted octanol–water partition coefficient (Wildman–Crippen LogP) is 4.40. The highest BCUT2D eigenvalue weighted by Gasteiger charge is 2.16. The largest absolute Gasteiger partial charge is 0.439 e. The summed E-state index contributed by atoms with van der Waals surface area (Å²) in [6.45, 7) is 4.58. The molecule has 1 aromatic heterocycles. The first-order valence-electron chi connectivity index (χ1n) is 7.76. The number of benzene rings is 2. The summed E-state index contributed by atoms with van der Waals surface area (Å²) in [4.78, 5) is 0. The van der Waals surface area contributed by atoms with Crippen molar-refractivity contribution < 1.29 is 4.74 Å². The van der Waals surface area contributed by atoms with Gasteiger partial charge in [0, 0.05) is 6.07 Å². The first kappa shape index (κ1) is 15.7. The number of nitrogen functional groups attached to an aromatic ring is 1. The standard InChI is InChI=1S/C20H19N3O/c1-14-5-3-7-16(9-14)13-23-17(12-21)11-19(22)20(23)24-18-8-4-6-15(2)10-18/h3-11H,13,22H2,1-2H3. The van der Waals surface area contributed by atoms with Crippen LogP contribution in [-0.4, -0.2) is 4.57 Å². The van der Waals surface area contributed by atoms with Gasteiger partial charge in [0.25, 0.3) is 0 Å². The van der Waals surface area contributed by atoms with E-state index in [9.17, 15) is 5.26 Å². The molecule has 0 fully saturated rings. The second-order valence-electron chi connectivity index (χ2n) is 5.90. The molecule has 0 spiro atoms. The van der Waals surface area contributed by atoms with Gasteiger partial charge in [-0.15, -0.1) is 0 Å². The van der Waals surface area contributed by atoms with Gasteiger partial charge in [0.2, 0.25) is 5.88 Å². The summed E-state index contributed by atoms with van der Waals surface area (Å²) in [6.07, 6.45) is 0. The molecule has 120 valence electrons. The highest BCUT2D eigenvalue weighted by molar-refractivity contribution is 5.57. The van der Waals surface area contributed by atoms with Crippen molar-refractivity contribution in [1.29, 1.82) is 5.26 Å². The first-order valence-corrected chi connectivity index (χ1v) is 7.76. The lowest BCUT2D eigenvalue weighted by Gasteiger charge is -2.13. The second-order valence-corrected chi connectivity index (χ2v) is 5.90. The summed E-state index contributed by atoms with van der Waals surface area (Å²) >= 11 is 0. The van der Waals surface area contributed by atoms with Gasteiger partial charge in [-0.25, -0.2) is 0 Å². The zero-order valence-electron chi connectivity index (χ0n) is 13.8. The Morgan fingerprint density at radius 3 is 2.42 bits per heavy atom. The fraction of sp³-hybridized carbons (Fsp3) is 0.150. The van der Waals surface area contributed by atoms with Crippen LogP contribution in [0.15, 0.2) is 54.6 Å². The molecular weight excluding hydrogens is 298 g/mol. The van der Waals surface area contributed by atoms with Gasteiger partial charge in [-0.1, -0.05) is 42.0 Å². The molecule has 1 heterocycles. The molecule has 0 bridgehead atoms. The molecule has 0 aliphatic heterocycles. The molecule has 2 N–H and O–H groups in total. The van der Waals surface area contributed by atoms with Crippen molar-refractivity contribution in [2.24, 2.45) is 0 Å². The van der Waals surface area contributed by atoms with Crippen molar-refractivity contribution in [3.8, 4) is 17.7 Å². The molecule has 0 atom stereocenters. The molecule has 3 rings (SSSR count). The first-order chi connectivity index (χ1) is 11.6. The summed E-state index contributed by atoms with van der Waals surface area (Å²) in [5.74, 6) is 1.20. The minimum Gasteiger partial charge on any atom is -0.439 e. The smallest absolute Gasteiger partial charge is 0.224 e. The van der Waals surface area contributed by atoms with Crippen molar-refractivity contribution in [2.45, 2.75) is 20.4 Å². The maximum atomic E-state index is 9.42. The van der Waals surface area contributed by atoms with Gasteiger partial charge in [-0.05, 0) is 37.1 Å². The van der Waals surface area contributed by atoms with E-state index in [-0.39, 0.29) is 0 Å². The van der Waals surface area contributed by atoms with Gasteiger partial charge < -0.3 is 10.5 Å². The molecule has 0 unspecified atom stereocenters. The number of nitrogens with two attached hydrogens (primary N) is 1. The zero-order valence-corrected chi connectivity index (χ0v) is 13.8. The van der Waals surface area contributed by atoms with Crippen molar-refractivity contribution >= 4 is 5.69 Å². The van der Waals surface area contributed by atoms with E-state index in [4.69, 9.17) is 10.5 Å². The number of nitrogens with zero attached hydrogens (tertiary/aromatic N) is 2. The van der Waals surface area contributed by atoms with Crippen LogP contribution >= 0.6 is 0 Å². The number of hydrogen-bond acceptors (Lipinski definition) is 3. The van der Waals surface area contributed by atoms with E-state index in [1.807, 2.05) is 60.9 Å². The van der Waals surface area contributed by atoms with E-state index in [1.165, 1.54) is 5.56 Å². The Labute approximate surface area is 141 Å². The molecule has 0 radical (unpaired) electrons. The van der Waals surface area contributed by atoms with Gasteiger partial charge in [0.05, 0.1) is 12.2 Å². The van der Waals surface area contributed by atoms with Crippen molar-refractivity contribution in [1.82, 2.24) is 4.57 Å². The summed E-state index contributed by atoms with van der Waals surface area (Å²) in [5, 5.41) is 9.42. The minimum atomic E-state index is 0.459. The Kier molecular flexibility index (Phi) is 4.26. The molecule has 0 saturated heterocycles. The van der Waals surface area contributed by atoms with Crippen LogP contribution in [0.4, 0.5) is 5.69 Å². The quantitative estimate of drug-likeness (QED) is 0.775. The van der Waals surface area contributed by atoms with Crippen LogP contribution in [0, 0.1) is 25.2 Å². The van der Waals surface area contributed by atoms with E-state index >= 15 is 0 Å². The van der Waals surface area contributed by atoms with Crippen molar-refractivity contribution in [2.75, 3.05) is 5.73 Å². The highest BCUT2D eigenvalue weighted by atomic mass is 16.5. The van der Waals surface area contributed by atoms with Crippen LogP contribution < -0.4 is 10.5 Å². The lowest BCUT2D eigenvalue weighted by Crippen LogP contribution is -2.05. The third-order valence-corrected chi connectivity index (χ3v) is 3.82. The van der Waals surface area contributed by atoms with E-state index in [0.717, 1.165) is 11.1 Å². The number of anilines is 1. The molecule has 4 nitrogen and oxygen atoms in total. The SMILES string of the molecule is Cc1cccc(Cn2c(C#N)cc(N)c2Oc2cccc(C)c2)c1. The van der Waals surface area contributed by atoms with E-state index < -0.39 is 0 Å². The monoisotopic (exact) mass is 317 g/mol. The third kappa shape index (κ3) is 3.26. The Bertz CT molecular complexity index is 919. The molecule has 24 heavy (non-hydrogen) atoms. The second kappa shape index (κ2) is 6.51. The van der Waals surface area contributed by atoms with E-state index in [1.54, 1.807) is 6.07 Å². The fourth-order valence-electron chi connectivity index (χ4n) is 2.70. The molecule has 4 heteroatoms. The van der Waals surface area contributed by atoms with Crippen molar-refractivity contribution in [3.05, 3.63) is 77.0 Å². The fourth-order valence-corrected chi connectivity index (χ4v) is 2.70. The molecule has 0 saturated carbocycles. The maximum absolute atomic E-state index is 9.42. The third-order valence-electron chi connectivity index (χ3n) is 3.82. The normalized spacial score (nSPS) is 10.4. The highest BCUT2D eigenvalue weighted by Crippen LogP contribution is 2.32.